The molecule has 0 saturated heterocycles. The van der Waals surface area contributed by atoms with Crippen LogP contribution in [0.1, 0.15) is 5.56 Å². The van der Waals surface area contributed by atoms with Crippen LogP contribution in [0, 0.1) is 6.92 Å². The van der Waals surface area contributed by atoms with Crippen LogP contribution in [-0.2, 0) is 4.79 Å². The monoisotopic (exact) mass is 346 g/mol. The Labute approximate surface area is 151 Å². The lowest BCUT2D eigenvalue weighted by molar-refractivity contribution is -0.120. The SMILES string of the molecule is Cc1ccccc1Nc1nccc(-c2ccc3c(c2)N(C)C(=O)CO3)n1. The molecule has 1 aliphatic heterocycles. The summed E-state index contributed by atoms with van der Waals surface area (Å²) < 4.78 is 5.48. The van der Waals surface area contributed by atoms with Gasteiger partial charge in [0.05, 0.1) is 11.4 Å². The number of anilines is 3. The van der Waals surface area contributed by atoms with E-state index in [1.807, 2.05) is 55.5 Å². The van der Waals surface area contributed by atoms with Crippen molar-refractivity contribution in [2.45, 2.75) is 6.92 Å². The summed E-state index contributed by atoms with van der Waals surface area (Å²) in [6, 6.07) is 15.5. The highest BCUT2D eigenvalue weighted by molar-refractivity contribution is 5.98. The van der Waals surface area contributed by atoms with Crippen molar-refractivity contribution in [3.05, 3.63) is 60.3 Å². The molecule has 2 aromatic carbocycles. The summed E-state index contributed by atoms with van der Waals surface area (Å²) in [4.78, 5) is 22.4. The molecule has 26 heavy (non-hydrogen) atoms. The second-order valence-corrected chi connectivity index (χ2v) is 6.13. The molecule has 1 amide bonds. The number of aryl methyl sites for hydroxylation is 1. The van der Waals surface area contributed by atoms with Gasteiger partial charge in [-0.25, -0.2) is 9.97 Å². The molecule has 0 radical (unpaired) electrons. The number of amides is 1. The molecule has 1 aliphatic rings. The van der Waals surface area contributed by atoms with Gasteiger partial charge in [0.2, 0.25) is 5.95 Å². The quantitative estimate of drug-likeness (QED) is 0.785. The van der Waals surface area contributed by atoms with Gasteiger partial charge in [-0.05, 0) is 42.8 Å². The summed E-state index contributed by atoms with van der Waals surface area (Å²) in [6.07, 6.45) is 1.72. The number of para-hydroxylation sites is 1. The van der Waals surface area contributed by atoms with Gasteiger partial charge in [0.15, 0.2) is 6.61 Å². The molecule has 0 aliphatic carbocycles. The Morgan fingerprint density at radius 3 is 2.85 bits per heavy atom. The van der Waals surface area contributed by atoms with E-state index in [1.54, 1.807) is 18.1 Å². The largest absolute Gasteiger partial charge is 0.482 e. The highest BCUT2D eigenvalue weighted by atomic mass is 16.5. The van der Waals surface area contributed by atoms with Gasteiger partial charge in [-0.2, -0.15) is 0 Å². The Bertz CT molecular complexity index is 987. The number of ether oxygens (including phenoxy) is 1. The smallest absolute Gasteiger partial charge is 0.264 e. The van der Waals surface area contributed by atoms with Crippen molar-refractivity contribution in [1.82, 2.24) is 9.97 Å². The molecule has 4 rings (SSSR count). The molecule has 130 valence electrons. The molecular formula is C20H18N4O2. The first-order valence-electron chi connectivity index (χ1n) is 8.31. The predicted octanol–water partition coefficient (Wildman–Crippen LogP) is 3.55. The maximum atomic E-state index is 11.9. The molecule has 0 bridgehead atoms. The minimum Gasteiger partial charge on any atom is -0.482 e. The molecule has 1 aromatic heterocycles. The zero-order valence-electron chi connectivity index (χ0n) is 14.6. The third kappa shape index (κ3) is 2.97. The lowest BCUT2D eigenvalue weighted by atomic mass is 10.1. The van der Waals surface area contributed by atoms with E-state index in [0.717, 1.165) is 28.2 Å². The maximum absolute atomic E-state index is 11.9. The van der Waals surface area contributed by atoms with Crippen molar-refractivity contribution >= 4 is 23.2 Å². The third-order valence-electron chi connectivity index (χ3n) is 4.39. The van der Waals surface area contributed by atoms with Gasteiger partial charge in [-0.3, -0.25) is 4.79 Å². The lowest BCUT2D eigenvalue weighted by Crippen LogP contribution is -2.35. The van der Waals surface area contributed by atoms with E-state index >= 15 is 0 Å². The standard InChI is InChI=1S/C20H18N4O2/c1-13-5-3-4-6-15(13)22-20-21-10-9-16(23-20)14-7-8-18-17(11-14)24(2)19(25)12-26-18/h3-11H,12H2,1-2H3,(H,21,22,23). The fourth-order valence-corrected chi connectivity index (χ4v) is 2.84. The molecule has 1 N–H and O–H groups in total. The first-order chi connectivity index (χ1) is 12.6. The van der Waals surface area contributed by atoms with Crippen LogP contribution in [0.15, 0.2) is 54.7 Å². The second kappa shape index (κ2) is 6.48. The highest BCUT2D eigenvalue weighted by Gasteiger charge is 2.22. The van der Waals surface area contributed by atoms with Crippen LogP contribution in [0.2, 0.25) is 0 Å². The fourth-order valence-electron chi connectivity index (χ4n) is 2.84. The number of fused-ring (bicyclic) bond motifs is 1. The number of aromatic nitrogens is 2. The van der Waals surface area contributed by atoms with Gasteiger partial charge in [0.1, 0.15) is 5.75 Å². The topological polar surface area (TPSA) is 67.4 Å². The normalized spacial score (nSPS) is 13.2. The Balaban J connectivity index is 1.67. The summed E-state index contributed by atoms with van der Waals surface area (Å²) in [5, 5.41) is 3.25. The van der Waals surface area contributed by atoms with Crippen molar-refractivity contribution in [2.75, 3.05) is 23.9 Å². The van der Waals surface area contributed by atoms with Crippen molar-refractivity contribution in [3.8, 4) is 17.0 Å². The minimum absolute atomic E-state index is 0.0701. The van der Waals surface area contributed by atoms with E-state index in [1.165, 1.54) is 0 Å². The van der Waals surface area contributed by atoms with Crippen LogP contribution in [0.4, 0.5) is 17.3 Å². The van der Waals surface area contributed by atoms with Crippen molar-refractivity contribution in [1.29, 1.82) is 0 Å². The van der Waals surface area contributed by atoms with Crippen LogP contribution >= 0.6 is 0 Å². The summed E-state index contributed by atoms with van der Waals surface area (Å²) in [5.41, 5.74) is 4.49. The first kappa shape index (κ1) is 16.1. The molecule has 0 atom stereocenters. The first-order valence-corrected chi connectivity index (χ1v) is 8.31. The number of nitrogens with zero attached hydrogens (tertiary/aromatic N) is 3. The van der Waals surface area contributed by atoms with Crippen LogP contribution < -0.4 is 15.0 Å². The molecule has 6 nitrogen and oxygen atoms in total. The molecule has 6 heteroatoms. The molecular weight excluding hydrogens is 328 g/mol. The van der Waals surface area contributed by atoms with E-state index in [9.17, 15) is 4.79 Å². The molecule has 3 aromatic rings. The molecule has 0 unspecified atom stereocenters. The number of likely N-dealkylation sites (N-methyl/N-ethyl adjacent to an activating group) is 1. The van der Waals surface area contributed by atoms with Crippen molar-refractivity contribution in [2.24, 2.45) is 0 Å². The van der Waals surface area contributed by atoms with Gasteiger partial charge in [-0.15, -0.1) is 0 Å². The zero-order valence-corrected chi connectivity index (χ0v) is 14.6. The number of carbonyl (C=O) groups excluding carboxylic acids is 1. The van der Waals surface area contributed by atoms with Gasteiger partial charge in [0.25, 0.3) is 5.91 Å². The van der Waals surface area contributed by atoms with E-state index in [4.69, 9.17) is 4.74 Å². The zero-order chi connectivity index (χ0) is 18.1. The van der Waals surface area contributed by atoms with Gasteiger partial charge in [-0.1, -0.05) is 18.2 Å². The van der Waals surface area contributed by atoms with E-state index in [2.05, 4.69) is 15.3 Å². The number of benzene rings is 2. The van der Waals surface area contributed by atoms with Crippen LogP contribution in [0.3, 0.4) is 0 Å². The highest BCUT2D eigenvalue weighted by Crippen LogP contribution is 2.35. The van der Waals surface area contributed by atoms with Gasteiger partial charge in [0, 0.05) is 24.5 Å². The average Bonchev–Trinajstić information content (AvgIpc) is 2.67. The molecule has 0 spiro atoms. The van der Waals surface area contributed by atoms with Crippen LogP contribution in [0.5, 0.6) is 5.75 Å². The summed E-state index contributed by atoms with van der Waals surface area (Å²) >= 11 is 0. The predicted molar refractivity (Wildman–Crippen MR) is 101 cm³/mol. The van der Waals surface area contributed by atoms with Crippen LogP contribution in [-0.4, -0.2) is 29.5 Å². The average molecular weight is 346 g/mol. The molecule has 0 saturated carbocycles. The number of hydrogen-bond acceptors (Lipinski definition) is 5. The van der Waals surface area contributed by atoms with Crippen molar-refractivity contribution < 1.29 is 9.53 Å². The van der Waals surface area contributed by atoms with Gasteiger partial charge >= 0.3 is 0 Å². The third-order valence-corrected chi connectivity index (χ3v) is 4.39. The molecule has 2 heterocycles. The van der Waals surface area contributed by atoms with Gasteiger partial charge < -0.3 is 15.0 Å². The number of rotatable bonds is 3. The lowest BCUT2D eigenvalue weighted by Gasteiger charge is -2.26. The summed E-state index contributed by atoms with van der Waals surface area (Å²) in [6.45, 7) is 2.10. The maximum Gasteiger partial charge on any atom is 0.264 e. The van der Waals surface area contributed by atoms with E-state index in [-0.39, 0.29) is 12.5 Å². The Kier molecular flexibility index (Phi) is 4.01. The minimum atomic E-state index is -0.0701. The Morgan fingerprint density at radius 2 is 2.00 bits per heavy atom. The summed E-state index contributed by atoms with van der Waals surface area (Å²) in [7, 11) is 1.75. The van der Waals surface area contributed by atoms with E-state index in [0.29, 0.717) is 11.7 Å². The Hall–Kier alpha value is -3.41. The number of nitrogens with one attached hydrogen (secondary N) is 1. The Morgan fingerprint density at radius 1 is 1.15 bits per heavy atom. The van der Waals surface area contributed by atoms with E-state index < -0.39 is 0 Å². The number of hydrogen-bond donors (Lipinski definition) is 1. The fraction of sp³-hybridized carbons (Fsp3) is 0.150. The summed E-state index contributed by atoms with van der Waals surface area (Å²) in [5.74, 6) is 1.15. The van der Waals surface area contributed by atoms with Crippen molar-refractivity contribution in [3.63, 3.8) is 0 Å². The molecule has 0 fully saturated rings. The van der Waals surface area contributed by atoms with Crippen LogP contribution in [0.25, 0.3) is 11.3 Å². The second-order valence-electron chi connectivity index (χ2n) is 6.13. The number of carbonyl (C=O) groups is 1.